The number of pyridine rings is 2. The van der Waals surface area contributed by atoms with E-state index in [-0.39, 0.29) is 6.03 Å². The number of hydrogen-bond donors (Lipinski definition) is 2. The number of benzene rings is 2. The molecule has 1 fully saturated rings. The van der Waals surface area contributed by atoms with Crippen molar-refractivity contribution in [1.82, 2.24) is 9.97 Å². The first-order valence-electron chi connectivity index (χ1n) is 10.7. The van der Waals surface area contributed by atoms with Crippen LogP contribution in [0.3, 0.4) is 0 Å². The summed E-state index contributed by atoms with van der Waals surface area (Å²) in [6.07, 6.45) is 3.52. The van der Waals surface area contributed by atoms with Gasteiger partial charge in [0.1, 0.15) is 5.82 Å². The van der Waals surface area contributed by atoms with E-state index in [1.807, 2.05) is 48.7 Å². The third-order valence-corrected chi connectivity index (χ3v) is 6.43. The molecule has 33 heavy (non-hydrogen) atoms. The van der Waals surface area contributed by atoms with Crippen molar-refractivity contribution in [2.45, 2.75) is 0 Å². The number of carbonyl (C=O) groups is 1. The average Bonchev–Trinajstić information content (AvgIpc) is 2.85. The average molecular weight is 551 g/mol. The zero-order valence-electron chi connectivity index (χ0n) is 17.8. The number of fused-ring (bicyclic) bond motifs is 1. The minimum Gasteiger partial charge on any atom is -0.378 e. The number of urea groups is 1. The number of rotatable bonds is 4. The Balaban J connectivity index is 1.34. The van der Waals surface area contributed by atoms with Crippen molar-refractivity contribution < 1.29 is 9.53 Å². The van der Waals surface area contributed by atoms with Gasteiger partial charge in [-0.2, -0.15) is 0 Å². The maximum atomic E-state index is 12.7. The highest BCUT2D eigenvalue weighted by Gasteiger charge is 2.14. The molecule has 5 rings (SSSR count). The zero-order valence-corrected chi connectivity index (χ0v) is 20.0. The molecular formula is C25H22IN5O2. The second-order valence-corrected chi connectivity index (χ2v) is 8.82. The molecule has 0 aliphatic carbocycles. The summed E-state index contributed by atoms with van der Waals surface area (Å²) in [4.78, 5) is 23.9. The molecule has 2 N–H and O–H groups in total. The lowest BCUT2D eigenvalue weighted by atomic mass is 10.0. The number of anilines is 3. The van der Waals surface area contributed by atoms with Crippen LogP contribution in [-0.2, 0) is 4.74 Å². The van der Waals surface area contributed by atoms with Crippen LogP contribution in [0.4, 0.5) is 22.0 Å². The van der Waals surface area contributed by atoms with E-state index in [1.165, 1.54) is 0 Å². The molecule has 2 aromatic carbocycles. The van der Waals surface area contributed by atoms with Gasteiger partial charge in [-0.1, -0.05) is 24.3 Å². The van der Waals surface area contributed by atoms with Crippen LogP contribution in [0.5, 0.6) is 0 Å². The standard InChI is InChI=1S/C25H22IN5O2/c26-22-6-5-18(15-21(22)24-20-4-2-1-3-17(20)7-9-28-24)29-25(32)30-19-8-10-27-23(16-19)31-11-13-33-14-12-31/h1-10,15-16H,11-14H2,(H2,27,29,30,32). The van der Waals surface area contributed by atoms with Crippen molar-refractivity contribution in [3.8, 4) is 11.3 Å². The molecule has 0 atom stereocenters. The summed E-state index contributed by atoms with van der Waals surface area (Å²) in [5, 5.41) is 8.05. The first-order chi connectivity index (χ1) is 16.2. The lowest BCUT2D eigenvalue weighted by Gasteiger charge is -2.28. The summed E-state index contributed by atoms with van der Waals surface area (Å²) in [6, 6.07) is 19.3. The van der Waals surface area contributed by atoms with Crippen LogP contribution in [-0.4, -0.2) is 42.3 Å². The topological polar surface area (TPSA) is 79.4 Å². The third kappa shape index (κ3) is 4.91. The smallest absolute Gasteiger partial charge is 0.323 e. The minimum absolute atomic E-state index is 0.313. The van der Waals surface area contributed by atoms with E-state index in [0.717, 1.165) is 44.5 Å². The highest BCUT2D eigenvalue weighted by Crippen LogP contribution is 2.32. The van der Waals surface area contributed by atoms with Crippen LogP contribution in [0.2, 0.25) is 0 Å². The molecule has 1 saturated heterocycles. The summed E-state index contributed by atoms with van der Waals surface area (Å²) in [5.41, 5.74) is 3.25. The Labute approximate surface area is 205 Å². The molecule has 4 aromatic rings. The molecule has 8 heteroatoms. The molecule has 1 aliphatic heterocycles. The van der Waals surface area contributed by atoms with Crippen LogP contribution in [0, 0.1) is 3.57 Å². The first-order valence-corrected chi connectivity index (χ1v) is 11.8. The molecule has 3 heterocycles. The van der Waals surface area contributed by atoms with Crippen molar-refractivity contribution >= 4 is 56.6 Å². The van der Waals surface area contributed by atoms with Crippen molar-refractivity contribution in [2.24, 2.45) is 0 Å². The van der Waals surface area contributed by atoms with Gasteiger partial charge in [0.25, 0.3) is 0 Å². The fraction of sp³-hybridized carbons (Fsp3) is 0.160. The largest absolute Gasteiger partial charge is 0.378 e. The monoisotopic (exact) mass is 551 g/mol. The molecule has 0 bridgehead atoms. The Morgan fingerprint density at radius 2 is 1.67 bits per heavy atom. The van der Waals surface area contributed by atoms with E-state index in [9.17, 15) is 4.79 Å². The number of nitrogens with zero attached hydrogens (tertiary/aromatic N) is 3. The number of morpholine rings is 1. The predicted molar refractivity (Wildman–Crippen MR) is 140 cm³/mol. The number of halogens is 1. The van der Waals surface area contributed by atoms with Crippen LogP contribution in [0.15, 0.2) is 73.1 Å². The van der Waals surface area contributed by atoms with E-state index in [1.54, 1.807) is 12.3 Å². The van der Waals surface area contributed by atoms with Gasteiger partial charge in [0, 0.05) is 57.4 Å². The van der Waals surface area contributed by atoms with Gasteiger partial charge < -0.3 is 20.3 Å². The normalized spacial score (nSPS) is 13.7. The Bertz CT molecular complexity index is 1300. The number of amides is 2. The van der Waals surface area contributed by atoms with Gasteiger partial charge in [0.15, 0.2) is 0 Å². The number of nitrogens with one attached hydrogen (secondary N) is 2. The van der Waals surface area contributed by atoms with Gasteiger partial charge in [0.05, 0.1) is 18.9 Å². The summed E-state index contributed by atoms with van der Waals surface area (Å²) in [6.45, 7) is 2.94. The van der Waals surface area contributed by atoms with Gasteiger partial charge in [-0.25, -0.2) is 9.78 Å². The molecule has 2 amide bonds. The molecule has 0 saturated carbocycles. The summed E-state index contributed by atoms with van der Waals surface area (Å²) in [7, 11) is 0. The van der Waals surface area contributed by atoms with E-state index >= 15 is 0 Å². The molecule has 166 valence electrons. The Kier molecular flexibility index (Phi) is 6.36. The highest BCUT2D eigenvalue weighted by atomic mass is 127. The van der Waals surface area contributed by atoms with E-state index in [0.29, 0.717) is 24.6 Å². The van der Waals surface area contributed by atoms with Gasteiger partial charge in [-0.15, -0.1) is 0 Å². The van der Waals surface area contributed by atoms with Gasteiger partial charge in [-0.05, 0) is 58.3 Å². The lowest BCUT2D eigenvalue weighted by molar-refractivity contribution is 0.122. The first kappa shape index (κ1) is 21.6. The second kappa shape index (κ2) is 9.72. The van der Waals surface area contributed by atoms with E-state index in [4.69, 9.17) is 4.74 Å². The summed E-state index contributed by atoms with van der Waals surface area (Å²) < 4.78 is 6.46. The molecule has 0 radical (unpaired) electrons. The van der Waals surface area contributed by atoms with E-state index < -0.39 is 0 Å². The molecule has 0 unspecified atom stereocenters. The van der Waals surface area contributed by atoms with Crippen LogP contribution in [0.25, 0.3) is 22.0 Å². The Morgan fingerprint density at radius 1 is 0.909 bits per heavy atom. The molecular weight excluding hydrogens is 529 g/mol. The lowest BCUT2D eigenvalue weighted by Crippen LogP contribution is -2.36. The second-order valence-electron chi connectivity index (χ2n) is 7.66. The minimum atomic E-state index is -0.313. The maximum Gasteiger partial charge on any atom is 0.323 e. The summed E-state index contributed by atoms with van der Waals surface area (Å²) >= 11 is 2.30. The zero-order chi connectivity index (χ0) is 22.6. The molecule has 2 aromatic heterocycles. The van der Waals surface area contributed by atoms with E-state index in [2.05, 4.69) is 60.2 Å². The molecule has 1 aliphatic rings. The molecule has 7 nitrogen and oxygen atoms in total. The third-order valence-electron chi connectivity index (χ3n) is 5.49. The Hall–Kier alpha value is -3.24. The molecule has 0 spiro atoms. The fourth-order valence-corrected chi connectivity index (χ4v) is 4.46. The predicted octanol–water partition coefficient (Wildman–Crippen LogP) is 5.38. The van der Waals surface area contributed by atoms with Crippen molar-refractivity contribution in [1.29, 1.82) is 0 Å². The van der Waals surface area contributed by atoms with Crippen molar-refractivity contribution in [3.63, 3.8) is 0 Å². The van der Waals surface area contributed by atoms with Crippen molar-refractivity contribution in [2.75, 3.05) is 41.8 Å². The quantitative estimate of drug-likeness (QED) is 0.333. The summed E-state index contributed by atoms with van der Waals surface area (Å²) in [5.74, 6) is 0.828. The van der Waals surface area contributed by atoms with Crippen LogP contribution < -0.4 is 15.5 Å². The number of carbonyl (C=O) groups excluding carboxylic acids is 1. The Morgan fingerprint density at radius 3 is 2.52 bits per heavy atom. The number of hydrogen-bond acceptors (Lipinski definition) is 5. The van der Waals surface area contributed by atoms with Gasteiger partial charge in [-0.3, -0.25) is 4.98 Å². The van der Waals surface area contributed by atoms with Crippen molar-refractivity contribution in [3.05, 3.63) is 76.6 Å². The number of aromatic nitrogens is 2. The van der Waals surface area contributed by atoms with Crippen LogP contribution >= 0.6 is 22.6 Å². The maximum absolute atomic E-state index is 12.7. The van der Waals surface area contributed by atoms with Gasteiger partial charge >= 0.3 is 6.03 Å². The number of ether oxygens (including phenoxy) is 1. The SMILES string of the molecule is O=C(Nc1ccnc(N2CCOCC2)c1)Nc1ccc(I)c(-c2nccc3ccccc23)c1. The fourth-order valence-electron chi connectivity index (χ4n) is 3.87. The van der Waals surface area contributed by atoms with Gasteiger partial charge in [0.2, 0.25) is 0 Å². The highest BCUT2D eigenvalue weighted by molar-refractivity contribution is 14.1. The van der Waals surface area contributed by atoms with Crippen LogP contribution in [0.1, 0.15) is 0 Å².